The van der Waals surface area contributed by atoms with E-state index in [-0.39, 0.29) is 19.0 Å². The number of methoxy groups -OCH3 is 1. The van der Waals surface area contributed by atoms with Crippen LogP contribution in [0.15, 0.2) is 24.5 Å². The maximum absolute atomic E-state index is 12.0. The molecular formula is C11H14N2O4. The van der Waals surface area contributed by atoms with Crippen molar-refractivity contribution in [2.75, 3.05) is 26.8 Å². The zero-order valence-electron chi connectivity index (χ0n) is 9.50. The van der Waals surface area contributed by atoms with Crippen LogP contribution < -0.4 is 0 Å². The molecule has 0 aromatic carbocycles. The molecule has 0 atom stereocenters. The van der Waals surface area contributed by atoms with Gasteiger partial charge in [-0.2, -0.15) is 0 Å². The molecule has 1 N–H and O–H groups in total. The number of hydrogen-bond donors (Lipinski definition) is 1. The van der Waals surface area contributed by atoms with Gasteiger partial charge in [-0.05, 0) is 12.1 Å². The smallest absolute Gasteiger partial charge is 0.323 e. The zero-order valence-corrected chi connectivity index (χ0v) is 9.50. The van der Waals surface area contributed by atoms with E-state index in [1.54, 1.807) is 18.3 Å². The van der Waals surface area contributed by atoms with Gasteiger partial charge in [0, 0.05) is 26.0 Å². The Hall–Kier alpha value is -1.95. The summed E-state index contributed by atoms with van der Waals surface area (Å²) < 4.78 is 4.84. The lowest BCUT2D eigenvalue weighted by molar-refractivity contribution is -0.137. The largest absolute Gasteiger partial charge is 0.480 e. The van der Waals surface area contributed by atoms with E-state index in [1.807, 2.05) is 0 Å². The van der Waals surface area contributed by atoms with Crippen molar-refractivity contribution in [1.29, 1.82) is 0 Å². The van der Waals surface area contributed by atoms with E-state index in [0.29, 0.717) is 12.2 Å². The van der Waals surface area contributed by atoms with Gasteiger partial charge in [-0.3, -0.25) is 14.6 Å². The number of pyridine rings is 1. The second-order valence-electron chi connectivity index (χ2n) is 3.35. The first-order chi connectivity index (χ1) is 8.15. The van der Waals surface area contributed by atoms with Crippen molar-refractivity contribution in [1.82, 2.24) is 9.88 Å². The number of hydrogen-bond acceptors (Lipinski definition) is 4. The molecular weight excluding hydrogens is 224 g/mol. The van der Waals surface area contributed by atoms with E-state index in [4.69, 9.17) is 9.84 Å². The van der Waals surface area contributed by atoms with Crippen LogP contribution in [0.5, 0.6) is 0 Å². The molecule has 0 saturated carbocycles. The predicted octanol–water partition coefficient (Wildman–Crippen LogP) is 0.255. The van der Waals surface area contributed by atoms with Crippen molar-refractivity contribution in [3.63, 3.8) is 0 Å². The van der Waals surface area contributed by atoms with E-state index in [9.17, 15) is 9.59 Å². The van der Waals surface area contributed by atoms with Gasteiger partial charge in [0.2, 0.25) is 0 Å². The van der Waals surface area contributed by atoms with E-state index in [0.717, 1.165) is 0 Å². The monoisotopic (exact) mass is 238 g/mol. The molecule has 1 amide bonds. The van der Waals surface area contributed by atoms with Gasteiger partial charge in [0.05, 0.1) is 12.2 Å². The van der Waals surface area contributed by atoms with Gasteiger partial charge in [-0.1, -0.05) is 0 Å². The highest BCUT2D eigenvalue weighted by Crippen LogP contribution is 2.02. The highest BCUT2D eigenvalue weighted by atomic mass is 16.5. The van der Waals surface area contributed by atoms with E-state index in [2.05, 4.69) is 4.98 Å². The van der Waals surface area contributed by atoms with E-state index in [1.165, 1.54) is 18.2 Å². The summed E-state index contributed by atoms with van der Waals surface area (Å²) in [6, 6.07) is 3.22. The fourth-order valence-electron chi connectivity index (χ4n) is 1.29. The van der Waals surface area contributed by atoms with Crippen LogP contribution in [0.3, 0.4) is 0 Å². The van der Waals surface area contributed by atoms with Crippen molar-refractivity contribution in [2.24, 2.45) is 0 Å². The Kier molecular flexibility index (Phi) is 5.09. The Bertz CT molecular complexity index is 380. The number of aromatic nitrogens is 1. The lowest BCUT2D eigenvalue weighted by atomic mass is 10.2. The van der Waals surface area contributed by atoms with Crippen molar-refractivity contribution >= 4 is 11.9 Å². The summed E-state index contributed by atoms with van der Waals surface area (Å²) >= 11 is 0. The number of amides is 1. The molecule has 0 unspecified atom stereocenters. The number of carboxylic acids is 1. The summed E-state index contributed by atoms with van der Waals surface area (Å²) in [5.74, 6) is -1.42. The van der Waals surface area contributed by atoms with E-state index >= 15 is 0 Å². The standard InChI is InChI=1S/C11H14N2O4/c1-17-6-5-13(8-10(14)15)11(16)9-3-2-4-12-7-9/h2-4,7H,5-6,8H2,1H3,(H,14,15). The fourth-order valence-corrected chi connectivity index (χ4v) is 1.29. The molecule has 0 spiro atoms. The highest BCUT2D eigenvalue weighted by molar-refractivity contribution is 5.95. The first-order valence-corrected chi connectivity index (χ1v) is 5.05. The van der Waals surface area contributed by atoms with Gasteiger partial charge in [-0.25, -0.2) is 0 Å². The maximum atomic E-state index is 12.0. The third kappa shape index (κ3) is 4.20. The third-order valence-corrected chi connectivity index (χ3v) is 2.09. The Balaban J connectivity index is 2.75. The Labute approximate surface area is 98.8 Å². The average molecular weight is 238 g/mol. The number of carboxylic acid groups (broad SMARTS) is 1. The van der Waals surface area contributed by atoms with Crippen LogP contribution in [0, 0.1) is 0 Å². The molecule has 0 aliphatic carbocycles. The number of nitrogens with zero attached hydrogens (tertiary/aromatic N) is 2. The molecule has 0 bridgehead atoms. The van der Waals surface area contributed by atoms with Gasteiger partial charge >= 0.3 is 5.97 Å². The van der Waals surface area contributed by atoms with Gasteiger partial charge in [0.15, 0.2) is 0 Å². The molecule has 1 aromatic heterocycles. The van der Waals surface area contributed by atoms with Gasteiger partial charge in [0.1, 0.15) is 6.54 Å². The molecule has 6 nitrogen and oxygen atoms in total. The molecule has 0 aliphatic heterocycles. The summed E-state index contributed by atoms with van der Waals surface area (Å²) in [6.45, 7) is 0.174. The van der Waals surface area contributed by atoms with Gasteiger partial charge in [0.25, 0.3) is 5.91 Å². The van der Waals surface area contributed by atoms with Crippen LogP contribution in [0.1, 0.15) is 10.4 Å². The number of ether oxygens (including phenoxy) is 1. The zero-order chi connectivity index (χ0) is 12.7. The number of aliphatic carboxylic acids is 1. The second-order valence-corrected chi connectivity index (χ2v) is 3.35. The Morgan fingerprint density at radius 2 is 2.29 bits per heavy atom. The highest BCUT2D eigenvalue weighted by Gasteiger charge is 2.18. The van der Waals surface area contributed by atoms with Crippen molar-refractivity contribution in [2.45, 2.75) is 0 Å². The SMILES string of the molecule is COCCN(CC(=O)O)C(=O)c1cccnc1. The number of rotatable bonds is 6. The minimum absolute atomic E-state index is 0.233. The molecule has 1 aromatic rings. The molecule has 17 heavy (non-hydrogen) atoms. The van der Waals surface area contributed by atoms with Gasteiger partial charge in [-0.15, -0.1) is 0 Å². The number of carbonyl (C=O) groups excluding carboxylic acids is 1. The van der Waals surface area contributed by atoms with Crippen LogP contribution in [0.4, 0.5) is 0 Å². The van der Waals surface area contributed by atoms with Crippen molar-refractivity contribution in [3.8, 4) is 0 Å². The predicted molar refractivity (Wildman–Crippen MR) is 59.7 cm³/mol. The number of carbonyl (C=O) groups is 2. The quantitative estimate of drug-likeness (QED) is 0.768. The van der Waals surface area contributed by atoms with Crippen molar-refractivity contribution < 1.29 is 19.4 Å². The summed E-state index contributed by atoms with van der Waals surface area (Å²) in [5.41, 5.74) is 0.366. The Morgan fingerprint density at radius 1 is 1.53 bits per heavy atom. The van der Waals surface area contributed by atoms with Crippen LogP contribution in [-0.4, -0.2) is 53.7 Å². The molecule has 0 fully saturated rings. The summed E-state index contributed by atoms with van der Waals surface area (Å²) in [7, 11) is 1.49. The first-order valence-electron chi connectivity index (χ1n) is 5.05. The van der Waals surface area contributed by atoms with Crippen LogP contribution in [-0.2, 0) is 9.53 Å². The average Bonchev–Trinajstić information content (AvgIpc) is 2.34. The lowest BCUT2D eigenvalue weighted by Gasteiger charge is -2.19. The summed E-state index contributed by atoms with van der Waals surface area (Å²) in [5, 5.41) is 8.73. The molecule has 1 heterocycles. The first kappa shape index (κ1) is 13.1. The third-order valence-electron chi connectivity index (χ3n) is 2.09. The van der Waals surface area contributed by atoms with Crippen LogP contribution in [0.25, 0.3) is 0 Å². The van der Waals surface area contributed by atoms with Crippen molar-refractivity contribution in [3.05, 3.63) is 30.1 Å². The molecule has 0 aliphatic rings. The minimum Gasteiger partial charge on any atom is -0.480 e. The molecule has 1 rings (SSSR count). The summed E-state index contributed by atoms with van der Waals surface area (Å²) in [6.07, 6.45) is 2.96. The van der Waals surface area contributed by atoms with Crippen LogP contribution in [0.2, 0.25) is 0 Å². The molecule has 6 heteroatoms. The summed E-state index contributed by atoms with van der Waals surface area (Å²) in [4.78, 5) is 27.6. The topological polar surface area (TPSA) is 79.7 Å². The van der Waals surface area contributed by atoms with Gasteiger partial charge < -0.3 is 14.7 Å². The minimum atomic E-state index is -1.06. The lowest BCUT2D eigenvalue weighted by Crippen LogP contribution is -2.38. The maximum Gasteiger partial charge on any atom is 0.323 e. The molecule has 0 radical (unpaired) electrons. The molecule has 92 valence electrons. The molecule has 0 saturated heterocycles. The second kappa shape index (κ2) is 6.59. The Morgan fingerprint density at radius 3 is 2.82 bits per heavy atom. The van der Waals surface area contributed by atoms with Crippen LogP contribution >= 0.6 is 0 Å². The fraction of sp³-hybridized carbons (Fsp3) is 0.364. The normalized spacial score (nSPS) is 9.94. The van der Waals surface area contributed by atoms with E-state index < -0.39 is 5.97 Å².